The zero-order valence-electron chi connectivity index (χ0n) is 12.0. The molecule has 6 heteroatoms. The first-order valence-electron chi connectivity index (χ1n) is 7.08. The lowest BCUT2D eigenvalue weighted by Crippen LogP contribution is -2.44. The molecule has 2 amide bonds. The molecule has 1 saturated heterocycles. The number of hydrogen-bond acceptors (Lipinski definition) is 4. The molecular weight excluding hydrogens is 284 g/mol. The van der Waals surface area contributed by atoms with Crippen molar-refractivity contribution in [2.24, 2.45) is 0 Å². The maximum absolute atomic E-state index is 12.3. The van der Waals surface area contributed by atoms with Crippen molar-refractivity contribution in [1.29, 1.82) is 0 Å². The van der Waals surface area contributed by atoms with Gasteiger partial charge in [0.05, 0.1) is 11.8 Å². The number of carbonyl (C=O) groups is 2. The number of furan rings is 1. The van der Waals surface area contributed by atoms with Crippen molar-refractivity contribution < 1.29 is 18.7 Å². The minimum Gasteiger partial charge on any atom is -0.472 e. The van der Waals surface area contributed by atoms with Gasteiger partial charge in [-0.05, 0) is 18.1 Å². The van der Waals surface area contributed by atoms with Crippen LogP contribution in [0.5, 0.6) is 0 Å². The zero-order chi connectivity index (χ0) is 15.4. The summed E-state index contributed by atoms with van der Waals surface area (Å²) in [6, 6.07) is 11.0. The van der Waals surface area contributed by atoms with Crippen molar-refractivity contribution in [2.45, 2.75) is 13.0 Å². The van der Waals surface area contributed by atoms with Crippen LogP contribution in [0.4, 0.5) is 4.79 Å². The maximum Gasteiger partial charge on any atom is 0.429 e. The number of hydrogen-bond donors (Lipinski definition) is 0. The van der Waals surface area contributed by atoms with E-state index in [1.54, 1.807) is 6.07 Å². The summed E-state index contributed by atoms with van der Waals surface area (Å²) in [5, 5.41) is 2.75. The molecule has 1 aromatic heterocycles. The van der Waals surface area contributed by atoms with Crippen molar-refractivity contribution in [3.05, 3.63) is 60.1 Å². The van der Waals surface area contributed by atoms with Gasteiger partial charge in [0.15, 0.2) is 0 Å². The van der Waals surface area contributed by atoms with Crippen LogP contribution in [0.15, 0.2) is 53.3 Å². The fraction of sp³-hybridized carbons (Fsp3) is 0.250. The van der Waals surface area contributed by atoms with Gasteiger partial charge in [0, 0.05) is 13.1 Å². The van der Waals surface area contributed by atoms with Crippen LogP contribution in [0.3, 0.4) is 0 Å². The number of benzene rings is 1. The van der Waals surface area contributed by atoms with E-state index in [2.05, 4.69) is 0 Å². The molecule has 1 aliphatic heterocycles. The molecule has 0 saturated carbocycles. The molecule has 114 valence electrons. The van der Waals surface area contributed by atoms with Gasteiger partial charge >= 0.3 is 6.09 Å². The van der Waals surface area contributed by atoms with E-state index in [9.17, 15) is 9.59 Å². The summed E-state index contributed by atoms with van der Waals surface area (Å²) in [6.45, 7) is 1.14. The number of amides is 2. The highest BCUT2D eigenvalue weighted by molar-refractivity contribution is 5.94. The Hall–Kier alpha value is -2.76. The monoisotopic (exact) mass is 300 g/mol. The zero-order valence-corrected chi connectivity index (χ0v) is 12.0. The molecule has 0 aliphatic carbocycles. The van der Waals surface area contributed by atoms with Crippen molar-refractivity contribution in [3.8, 4) is 0 Å². The van der Waals surface area contributed by atoms with Crippen molar-refractivity contribution >= 4 is 12.0 Å². The van der Waals surface area contributed by atoms with Crippen LogP contribution in [0.2, 0.25) is 0 Å². The average Bonchev–Trinajstić information content (AvgIpc) is 3.24. The predicted octanol–water partition coefficient (Wildman–Crippen LogP) is 2.68. The lowest BCUT2D eigenvalue weighted by Gasteiger charge is -2.26. The molecule has 1 fully saturated rings. The van der Waals surface area contributed by atoms with Gasteiger partial charge in [0.1, 0.15) is 12.9 Å². The standard InChI is InChI=1S/C16H16N2O4/c19-15(14-7-10-21-12-14)17-8-4-9-18(17)16(20)22-11-13-5-2-1-3-6-13/h1-3,5-7,10,12H,4,8-9,11H2. The molecule has 22 heavy (non-hydrogen) atoms. The fourth-order valence-electron chi connectivity index (χ4n) is 2.34. The number of carbonyl (C=O) groups excluding carboxylic acids is 2. The van der Waals surface area contributed by atoms with E-state index in [0.29, 0.717) is 18.7 Å². The van der Waals surface area contributed by atoms with Gasteiger partial charge in [0.25, 0.3) is 5.91 Å². The summed E-state index contributed by atoms with van der Waals surface area (Å²) in [7, 11) is 0. The number of nitrogens with zero attached hydrogens (tertiary/aromatic N) is 2. The molecule has 0 radical (unpaired) electrons. The van der Waals surface area contributed by atoms with Gasteiger partial charge in [-0.15, -0.1) is 0 Å². The topological polar surface area (TPSA) is 63.0 Å². The number of ether oxygens (including phenoxy) is 1. The summed E-state index contributed by atoms with van der Waals surface area (Å²) in [4.78, 5) is 24.5. The van der Waals surface area contributed by atoms with Crippen LogP contribution >= 0.6 is 0 Å². The summed E-state index contributed by atoms with van der Waals surface area (Å²) in [6.07, 6.45) is 3.01. The number of hydrazine groups is 1. The van der Waals surface area contributed by atoms with Gasteiger partial charge in [0.2, 0.25) is 0 Å². The van der Waals surface area contributed by atoms with E-state index in [-0.39, 0.29) is 12.5 Å². The minimum absolute atomic E-state index is 0.184. The van der Waals surface area contributed by atoms with E-state index >= 15 is 0 Å². The third-order valence-electron chi connectivity index (χ3n) is 3.45. The normalized spacial score (nSPS) is 14.2. The van der Waals surface area contributed by atoms with Gasteiger partial charge in [-0.1, -0.05) is 30.3 Å². The Balaban J connectivity index is 1.62. The second-order valence-electron chi connectivity index (χ2n) is 4.96. The molecule has 6 nitrogen and oxygen atoms in total. The Bertz CT molecular complexity index is 639. The van der Waals surface area contributed by atoms with Gasteiger partial charge in [-0.25, -0.2) is 14.8 Å². The van der Waals surface area contributed by atoms with Crippen molar-refractivity contribution in [3.63, 3.8) is 0 Å². The van der Waals surface area contributed by atoms with Gasteiger partial charge < -0.3 is 9.15 Å². The van der Waals surface area contributed by atoms with Crippen LogP contribution in [0, 0.1) is 0 Å². The largest absolute Gasteiger partial charge is 0.472 e. The molecule has 1 aliphatic rings. The average molecular weight is 300 g/mol. The molecule has 0 unspecified atom stereocenters. The number of rotatable bonds is 3. The fourth-order valence-corrected chi connectivity index (χ4v) is 2.34. The summed E-state index contributed by atoms with van der Waals surface area (Å²) in [5.41, 5.74) is 1.32. The molecule has 0 atom stereocenters. The molecule has 1 aromatic carbocycles. The Labute approximate surface area is 127 Å². The highest BCUT2D eigenvalue weighted by Gasteiger charge is 2.32. The lowest BCUT2D eigenvalue weighted by molar-refractivity contribution is 0.0110. The second-order valence-corrected chi connectivity index (χ2v) is 4.96. The quantitative estimate of drug-likeness (QED) is 0.874. The molecule has 2 aromatic rings. The first-order chi connectivity index (χ1) is 10.8. The van der Waals surface area contributed by atoms with Crippen LogP contribution in [-0.2, 0) is 11.3 Å². The van der Waals surface area contributed by atoms with E-state index in [0.717, 1.165) is 12.0 Å². The molecule has 0 bridgehead atoms. The van der Waals surface area contributed by atoms with Crippen LogP contribution in [0.25, 0.3) is 0 Å². The summed E-state index contributed by atoms with van der Waals surface area (Å²) < 4.78 is 10.2. The highest BCUT2D eigenvalue weighted by atomic mass is 16.6. The third kappa shape index (κ3) is 2.95. The third-order valence-corrected chi connectivity index (χ3v) is 3.45. The summed E-state index contributed by atoms with van der Waals surface area (Å²) >= 11 is 0. The molecular formula is C16H16N2O4. The first-order valence-corrected chi connectivity index (χ1v) is 7.08. The Morgan fingerprint density at radius 3 is 2.59 bits per heavy atom. The van der Waals surface area contributed by atoms with Gasteiger partial charge in [-0.2, -0.15) is 0 Å². The van der Waals surface area contributed by atoms with Crippen LogP contribution < -0.4 is 0 Å². The lowest BCUT2D eigenvalue weighted by atomic mass is 10.2. The molecule has 3 rings (SSSR count). The minimum atomic E-state index is -0.516. The maximum atomic E-state index is 12.3. The smallest absolute Gasteiger partial charge is 0.429 e. The molecule has 0 N–H and O–H groups in total. The van der Waals surface area contributed by atoms with Crippen LogP contribution in [0.1, 0.15) is 22.3 Å². The van der Waals surface area contributed by atoms with Crippen molar-refractivity contribution in [1.82, 2.24) is 10.0 Å². The Morgan fingerprint density at radius 2 is 1.86 bits per heavy atom. The highest BCUT2D eigenvalue weighted by Crippen LogP contribution is 2.17. The first kappa shape index (κ1) is 14.2. The summed E-state index contributed by atoms with van der Waals surface area (Å²) in [5.74, 6) is -0.261. The second kappa shape index (κ2) is 6.34. The molecule has 0 spiro atoms. The van der Waals surface area contributed by atoms with Crippen LogP contribution in [-0.4, -0.2) is 35.1 Å². The molecule has 2 heterocycles. The van der Waals surface area contributed by atoms with Gasteiger partial charge in [-0.3, -0.25) is 4.79 Å². The Kier molecular flexibility index (Phi) is 4.09. The van der Waals surface area contributed by atoms with E-state index in [4.69, 9.17) is 9.15 Å². The van der Waals surface area contributed by atoms with E-state index < -0.39 is 6.09 Å². The van der Waals surface area contributed by atoms with E-state index in [1.807, 2.05) is 30.3 Å². The van der Waals surface area contributed by atoms with Crippen molar-refractivity contribution in [2.75, 3.05) is 13.1 Å². The predicted molar refractivity (Wildman–Crippen MR) is 77.7 cm³/mol. The van der Waals surface area contributed by atoms with E-state index in [1.165, 1.54) is 22.5 Å². The SMILES string of the molecule is O=C(OCc1ccccc1)N1CCCN1C(=O)c1ccoc1. The Morgan fingerprint density at radius 1 is 1.09 bits per heavy atom.